The van der Waals surface area contributed by atoms with Crippen LogP contribution in [0.4, 0.5) is 0 Å². The van der Waals surface area contributed by atoms with Crippen molar-refractivity contribution >= 4 is 46.9 Å². The molecule has 5 amide bonds. The number of fused-ring (bicyclic) bond motifs is 5. The maximum Gasteiger partial charge on any atom is 0.245 e. The lowest BCUT2D eigenvalue weighted by Gasteiger charge is -2.30. The van der Waals surface area contributed by atoms with Gasteiger partial charge in [0.1, 0.15) is 35.7 Å². The van der Waals surface area contributed by atoms with Crippen LogP contribution in [0.3, 0.4) is 0 Å². The highest BCUT2D eigenvalue weighted by Gasteiger charge is 2.34. The zero-order valence-electron chi connectivity index (χ0n) is 41.5. The molecule has 1 aliphatic heterocycles. The zero-order chi connectivity index (χ0) is 51.2. The van der Waals surface area contributed by atoms with E-state index in [-0.39, 0.29) is 59.8 Å². The van der Waals surface area contributed by atoms with Gasteiger partial charge in [-0.2, -0.15) is 0 Å². The molecule has 0 saturated carbocycles. The van der Waals surface area contributed by atoms with Gasteiger partial charge in [-0.05, 0) is 55.7 Å². The highest BCUT2D eigenvalue weighted by atomic mass is 16.3. The lowest BCUT2D eigenvalue weighted by Crippen LogP contribution is -2.53. The van der Waals surface area contributed by atoms with Gasteiger partial charge in [-0.15, -0.1) is 0 Å². The standard InChI is InChI=1S/C52H77N5O12/c1-7-8-9-10-11-12-13-14-15-16-17-18-19-20-47(65)56(5)41(32-58)52(69)54-34(3)42(60)25-26-48(66)57(6)49-37-22-24-44(62)39(30-37)38-28-36(21-23-43(38)61)29-40(51(68)53-31-46(64)35(4)59)55-50(67)33(2)27-45(49)63/h21-24,28,30,33-34,40-41,46,49,58,61-62,64H,7-20,25-27,29,31-32H2,1-6H3,(H,53,68)(H,54,69)(H,55,67)/t33-,34-,40?,41-,46?,49+/m1/s1. The summed E-state index contributed by atoms with van der Waals surface area (Å²) in [5.41, 5.74) is 0.894. The fourth-order valence-electron chi connectivity index (χ4n) is 8.40. The second-order valence-electron chi connectivity index (χ2n) is 18.6. The van der Waals surface area contributed by atoms with E-state index in [1.54, 1.807) is 0 Å². The molecular formula is C52H77N5O12. The summed E-state index contributed by atoms with van der Waals surface area (Å²) >= 11 is 0. The van der Waals surface area contributed by atoms with Gasteiger partial charge in [0.2, 0.25) is 29.5 Å². The summed E-state index contributed by atoms with van der Waals surface area (Å²) in [7, 11) is 2.79. The molecule has 17 nitrogen and oxygen atoms in total. The van der Waals surface area contributed by atoms with Crippen LogP contribution in [0.5, 0.6) is 11.5 Å². The molecule has 6 atom stereocenters. The number of rotatable bonds is 27. The van der Waals surface area contributed by atoms with Crippen LogP contribution in [0, 0.1) is 5.92 Å². The van der Waals surface area contributed by atoms with E-state index in [0.717, 1.165) is 31.1 Å². The van der Waals surface area contributed by atoms with Gasteiger partial charge in [-0.25, -0.2) is 0 Å². The number of phenols is 2. The molecule has 0 saturated heterocycles. The van der Waals surface area contributed by atoms with Crippen molar-refractivity contribution in [3.8, 4) is 22.6 Å². The van der Waals surface area contributed by atoms with Gasteiger partial charge >= 0.3 is 0 Å². The summed E-state index contributed by atoms with van der Waals surface area (Å²) in [6.07, 6.45) is 12.6. The van der Waals surface area contributed by atoms with Crippen LogP contribution < -0.4 is 16.0 Å². The number of nitrogens with zero attached hydrogens (tertiary/aromatic N) is 2. The van der Waals surface area contributed by atoms with Gasteiger partial charge in [0, 0.05) is 63.2 Å². The number of aliphatic hydroxyl groups is 2. The molecule has 2 unspecified atom stereocenters. The quantitative estimate of drug-likeness (QED) is 0.0576. The van der Waals surface area contributed by atoms with Crippen molar-refractivity contribution in [2.75, 3.05) is 27.2 Å². The second kappa shape index (κ2) is 29.4. The van der Waals surface area contributed by atoms with Gasteiger partial charge in [0.05, 0.1) is 19.2 Å². The molecule has 1 aliphatic rings. The first kappa shape index (κ1) is 57.6. The molecular weight excluding hydrogens is 887 g/mol. The number of carbonyl (C=O) groups is 8. The fourth-order valence-corrected chi connectivity index (χ4v) is 8.40. The van der Waals surface area contributed by atoms with Crippen molar-refractivity contribution < 1.29 is 58.8 Å². The summed E-state index contributed by atoms with van der Waals surface area (Å²) in [5.74, 6) is -6.35. The van der Waals surface area contributed by atoms with Crippen LogP contribution in [-0.4, -0.2) is 129 Å². The van der Waals surface area contributed by atoms with Crippen LogP contribution in [0.2, 0.25) is 0 Å². The van der Waals surface area contributed by atoms with Gasteiger partial charge < -0.3 is 46.2 Å². The largest absolute Gasteiger partial charge is 0.507 e. The smallest absolute Gasteiger partial charge is 0.245 e. The Balaban J connectivity index is 1.65. The molecule has 382 valence electrons. The van der Waals surface area contributed by atoms with E-state index in [9.17, 15) is 58.8 Å². The average Bonchev–Trinajstić information content (AvgIpc) is 3.31. The maximum atomic E-state index is 14.2. The van der Waals surface area contributed by atoms with Crippen LogP contribution >= 0.6 is 0 Å². The Hall–Kier alpha value is -5.68. The van der Waals surface area contributed by atoms with E-state index in [0.29, 0.717) is 12.0 Å². The molecule has 4 bridgehead atoms. The number of likely N-dealkylation sites (N-methyl/N-ethyl adjacent to an activating group) is 2. The molecule has 2 aromatic carbocycles. The number of hydrogen-bond donors (Lipinski definition) is 7. The minimum Gasteiger partial charge on any atom is -0.507 e. The number of ketones is 3. The number of amides is 5. The molecule has 7 N–H and O–H groups in total. The Labute approximate surface area is 407 Å². The monoisotopic (exact) mass is 964 g/mol. The van der Waals surface area contributed by atoms with Gasteiger partial charge in [-0.3, -0.25) is 38.4 Å². The number of Topliss-reactive ketones (excluding diaryl/α,β-unsaturated/α-hetero) is 3. The molecule has 2 aromatic rings. The number of unbranched alkanes of at least 4 members (excludes halogenated alkanes) is 12. The number of aromatic hydroxyl groups is 2. The molecule has 0 aromatic heterocycles. The van der Waals surface area contributed by atoms with Crippen molar-refractivity contribution in [3.05, 3.63) is 47.5 Å². The zero-order valence-corrected chi connectivity index (χ0v) is 41.5. The molecule has 0 aliphatic carbocycles. The fraction of sp³-hybridized carbons (Fsp3) is 0.615. The van der Waals surface area contributed by atoms with Crippen LogP contribution in [-0.2, 0) is 44.8 Å². The van der Waals surface area contributed by atoms with Gasteiger partial charge in [0.15, 0.2) is 17.3 Å². The topological polar surface area (TPSA) is 260 Å². The Morgan fingerprint density at radius 3 is 1.91 bits per heavy atom. The first-order valence-electron chi connectivity index (χ1n) is 24.7. The number of phenolic OH excluding ortho intramolecular Hbond substituents is 2. The molecule has 3 rings (SSSR count). The summed E-state index contributed by atoms with van der Waals surface area (Å²) < 4.78 is 0. The minimum absolute atomic E-state index is 0.0954. The predicted octanol–water partition coefficient (Wildman–Crippen LogP) is 5.12. The normalized spacial score (nSPS) is 17.4. The Morgan fingerprint density at radius 2 is 1.33 bits per heavy atom. The minimum atomic E-state index is -1.48. The predicted molar refractivity (Wildman–Crippen MR) is 261 cm³/mol. The number of nitrogens with one attached hydrogen (secondary N) is 3. The molecule has 69 heavy (non-hydrogen) atoms. The third kappa shape index (κ3) is 18.3. The number of carbonyl (C=O) groups excluding carboxylic acids is 8. The number of aliphatic hydroxyl groups excluding tert-OH is 2. The first-order chi connectivity index (χ1) is 32.8. The third-order valence-corrected chi connectivity index (χ3v) is 13.0. The summed E-state index contributed by atoms with van der Waals surface area (Å²) in [6.45, 7) is 5.19. The first-order valence-corrected chi connectivity index (χ1v) is 24.7. The summed E-state index contributed by atoms with van der Waals surface area (Å²) in [4.78, 5) is 108. The lowest BCUT2D eigenvalue weighted by atomic mass is 9.89. The van der Waals surface area contributed by atoms with Crippen molar-refractivity contribution in [2.24, 2.45) is 5.92 Å². The highest BCUT2D eigenvalue weighted by molar-refractivity contribution is 5.97. The SMILES string of the molecule is CCCCCCCCCCCCCCCC(=O)N(C)[C@H](CO)C(=O)N[C@H](C)C(=O)CCC(=O)N(C)[C@@H]1C(=O)C[C@@H](C)C(=O)NC(C(=O)NCC(O)C(C)=O)Cc2ccc(O)c(c2)-c2cc1ccc2O. The van der Waals surface area contributed by atoms with Crippen molar-refractivity contribution in [1.29, 1.82) is 0 Å². The van der Waals surface area contributed by atoms with E-state index < -0.39 is 96.7 Å². The van der Waals surface area contributed by atoms with E-state index in [2.05, 4.69) is 22.9 Å². The van der Waals surface area contributed by atoms with E-state index in [1.807, 2.05) is 0 Å². The third-order valence-electron chi connectivity index (χ3n) is 13.0. The Morgan fingerprint density at radius 1 is 0.768 bits per heavy atom. The van der Waals surface area contributed by atoms with Crippen LogP contribution in [0.25, 0.3) is 11.1 Å². The molecule has 0 radical (unpaired) electrons. The van der Waals surface area contributed by atoms with E-state index in [4.69, 9.17) is 0 Å². The van der Waals surface area contributed by atoms with Crippen LogP contribution in [0.1, 0.15) is 154 Å². The van der Waals surface area contributed by atoms with E-state index >= 15 is 0 Å². The maximum absolute atomic E-state index is 14.2. The Bertz CT molecular complexity index is 2080. The van der Waals surface area contributed by atoms with Crippen molar-refractivity contribution in [3.63, 3.8) is 0 Å². The highest BCUT2D eigenvalue weighted by Crippen LogP contribution is 2.39. The summed E-state index contributed by atoms with van der Waals surface area (Å²) in [5, 5.41) is 49.7. The summed E-state index contributed by atoms with van der Waals surface area (Å²) in [6, 6.07) is 3.58. The number of benzene rings is 2. The van der Waals surface area contributed by atoms with Gasteiger partial charge in [0.25, 0.3) is 0 Å². The van der Waals surface area contributed by atoms with Crippen molar-refractivity contribution in [2.45, 2.75) is 174 Å². The van der Waals surface area contributed by atoms with Crippen molar-refractivity contribution in [1.82, 2.24) is 25.8 Å². The Kier molecular flexibility index (Phi) is 24.5. The van der Waals surface area contributed by atoms with E-state index in [1.165, 1.54) is 127 Å². The molecule has 17 heteroatoms. The molecule has 0 spiro atoms. The molecule has 1 heterocycles. The average molecular weight is 964 g/mol. The molecule has 0 fully saturated rings. The lowest BCUT2D eigenvalue weighted by molar-refractivity contribution is -0.142. The number of hydrogen-bond acceptors (Lipinski definition) is 12. The van der Waals surface area contributed by atoms with Gasteiger partial charge in [-0.1, -0.05) is 103 Å². The van der Waals surface area contributed by atoms with Crippen LogP contribution in [0.15, 0.2) is 36.4 Å². The second-order valence-corrected chi connectivity index (χ2v) is 18.6.